The maximum absolute atomic E-state index is 15.4. The van der Waals surface area contributed by atoms with E-state index >= 15 is 4.39 Å². The number of amides is 2. The molecule has 0 spiro atoms. The van der Waals surface area contributed by atoms with Crippen molar-refractivity contribution in [2.75, 3.05) is 4.90 Å². The van der Waals surface area contributed by atoms with Crippen molar-refractivity contribution < 1.29 is 57.9 Å². The number of para-hydroxylation sites is 1. The van der Waals surface area contributed by atoms with Gasteiger partial charge in [-0.1, -0.05) is 30.3 Å². The highest BCUT2D eigenvalue weighted by molar-refractivity contribution is 9.58. The Balaban J connectivity index is 2.52. The molecule has 0 aromatic heterocycles. The van der Waals surface area contributed by atoms with Crippen LogP contribution in [0.15, 0.2) is 77.7 Å². The third-order valence-electron chi connectivity index (χ3n) is 5.54. The highest BCUT2D eigenvalue weighted by Gasteiger charge is 2.85. The monoisotopic (exact) mass is 682 g/mol. The van der Waals surface area contributed by atoms with Crippen molar-refractivity contribution in [3.05, 3.63) is 89.7 Å². The summed E-state index contributed by atoms with van der Waals surface area (Å²) in [4.78, 5) is 23.4. The van der Waals surface area contributed by atoms with Gasteiger partial charge in [0.1, 0.15) is 5.82 Å². The number of nitrogens with zero attached hydrogens (tertiary/aromatic N) is 1. The van der Waals surface area contributed by atoms with E-state index < -0.39 is 76.4 Å². The highest BCUT2D eigenvalue weighted by Crippen LogP contribution is 2.86. The van der Waals surface area contributed by atoms with Gasteiger partial charge in [0.25, 0.3) is 5.91 Å². The molecule has 2 N–H and O–H groups in total. The first-order valence-electron chi connectivity index (χ1n) is 10.7. The standard InChI is InChI=1S/C24H14BrF11N2O2S/c25-41(24(34,35)36,21(27,22(28,29)30)23(31,32)33)18-11-4-3-10-17(18)38(14-7-5-6-13(12-14)19(37)39)20(40)15-8-1-2-9-16(15)26/h1-12H,(H2,37,39). The second kappa shape index (κ2) is 10.8. The lowest BCUT2D eigenvalue weighted by Gasteiger charge is -2.48. The minimum absolute atomic E-state index is 0.123. The van der Waals surface area contributed by atoms with Crippen molar-refractivity contribution in [2.45, 2.75) is 27.8 Å². The van der Waals surface area contributed by atoms with Gasteiger partial charge in [-0.05, 0) is 65.7 Å². The maximum atomic E-state index is 15.4. The maximum Gasteiger partial charge on any atom is 0.441 e. The number of carbonyl (C=O) groups is 2. The summed E-state index contributed by atoms with van der Waals surface area (Å²) in [6.45, 7) is 0. The molecule has 2 amide bonds. The van der Waals surface area contributed by atoms with E-state index in [1.807, 2.05) is 0 Å². The molecule has 0 radical (unpaired) electrons. The summed E-state index contributed by atoms with van der Waals surface area (Å²) in [6, 6.07) is 9.64. The summed E-state index contributed by atoms with van der Waals surface area (Å²) >= 11 is 1.51. The van der Waals surface area contributed by atoms with Crippen LogP contribution in [0.3, 0.4) is 0 Å². The van der Waals surface area contributed by atoms with E-state index in [1.54, 1.807) is 0 Å². The zero-order chi connectivity index (χ0) is 31.2. The summed E-state index contributed by atoms with van der Waals surface area (Å²) in [5, 5.41) is -6.94. The van der Waals surface area contributed by atoms with Crippen LogP contribution in [0.2, 0.25) is 0 Å². The van der Waals surface area contributed by atoms with E-state index in [0.717, 1.165) is 54.6 Å². The molecule has 3 rings (SSSR count). The van der Waals surface area contributed by atoms with E-state index in [-0.39, 0.29) is 11.0 Å². The molecule has 0 aliphatic rings. The summed E-state index contributed by atoms with van der Waals surface area (Å²) in [5.74, 6) is -4.01. The summed E-state index contributed by atoms with van der Waals surface area (Å²) < 4.78 is 156. The van der Waals surface area contributed by atoms with Crippen LogP contribution in [0.25, 0.3) is 0 Å². The molecular formula is C24H14BrF11N2O2S. The molecule has 3 aromatic carbocycles. The van der Waals surface area contributed by atoms with E-state index in [2.05, 4.69) is 0 Å². The number of nitrogens with two attached hydrogens (primary N) is 1. The normalized spacial score (nSPS) is 15.1. The average Bonchev–Trinajstić information content (AvgIpc) is 2.86. The molecule has 1 atom stereocenters. The van der Waals surface area contributed by atoms with Crippen LogP contribution in [-0.4, -0.2) is 34.7 Å². The first kappa shape index (κ1) is 32.2. The van der Waals surface area contributed by atoms with Crippen molar-refractivity contribution in [3.63, 3.8) is 0 Å². The molecule has 0 fully saturated rings. The molecule has 0 heterocycles. The first-order valence-corrected chi connectivity index (χ1v) is 14.2. The lowest BCUT2D eigenvalue weighted by molar-refractivity contribution is -0.306. The van der Waals surface area contributed by atoms with Crippen molar-refractivity contribution in [3.8, 4) is 0 Å². The number of carbonyl (C=O) groups excluding carboxylic acids is 2. The molecular weight excluding hydrogens is 669 g/mol. The fourth-order valence-corrected chi connectivity index (χ4v) is 7.86. The van der Waals surface area contributed by atoms with Gasteiger partial charge in [-0.3, -0.25) is 14.5 Å². The van der Waals surface area contributed by atoms with Crippen LogP contribution in [0.4, 0.5) is 59.7 Å². The zero-order valence-electron chi connectivity index (χ0n) is 19.7. The van der Waals surface area contributed by atoms with Crippen molar-refractivity contribution >= 4 is 46.5 Å². The van der Waals surface area contributed by atoms with Gasteiger partial charge in [0, 0.05) is 10.5 Å². The molecule has 0 saturated carbocycles. The number of benzene rings is 3. The van der Waals surface area contributed by atoms with Crippen LogP contribution in [0.1, 0.15) is 20.7 Å². The van der Waals surface area contributed by atoms with Crippen LogP contribution in [0, 0.1) is 5.82 Å². The smallest absolute Gasteiger partial charge is 0.366 e. The van der Waals surface area contributed by atoms with Crippen molar-refractivity contribution in [2.24, 2.45) is 5.73 Å². The van der Waals surface area contributed by atoms with E-state index in [1.165, 1.54) is 14.8 Å². The van der Waals surface area contributed by atoms with Gasteiger partial charge in [0.15, 0.2) is 0 Å². The number of hydrogen-bond donors (Lipinski definition) is 1. The van der Waals surface area contributed by atoms with Crippen LogP contribution >= 0.6 is 23.3 Å². The number of alkyl halides is 10. The Morgan fingerprint density at radius 1 is 0.756 bits per heavy atom. The molecule has 0 saturated heterocycles. The predicted octanol–water partition coefficient (Wildman–Crippen LogP) is 8.69. The van der Waals surface area contributed by atoms with Crippen LogP contribution in [0.5, 0.6) is 0 Å². The number of halogens is 12. The van der Waals surface area contributed by atoms with Gasteiger partial charge in [-0.25, -0.2) is 8.78 Å². The molecule has 41 heavy (non-hydrogen) atoms. The number of primary amides is 1. The Morgan fingerprint density at radius 3 is 1.80 bits per heavy atom. The lowest BCUT2D eigenvalue weighted by Crippen LogP contribution is -2.57. The molecule has 0 bridgehead atoms. The Labute approximate surface area is 232 Å². The fraction of sp³-hybridized carbons (Fsp3) is 0.167. The van der Waals surface area contributed by atoms with Gasteiger partial charge in [0.05, 0.1) is 16.9 Å². The van der Waals surface area contributed by atoms with Crippen molar-refractivity contribution in [1.82, 2.24) is 0 Å². The molecule has 4 nitrogen and oxygen atoms in total. The SMILES string of the molecule is NC(=O)c1cccc(N(C(=O)c2ccccc2F)c2ccccc2S(Br)(C(F)(F)F)C(F)(C(F)(F)F)C(F)(F)F)c1. The number of anilines is 2. The topological polar surface area (TPSA) is 63.4 Å². The average molecular weight is 683 g/mol. The van der Waals surface area contributed by atoms with Crippen LogP contribution < -0.4 is 10.6 Å². The fourth-order valence-electron chi connectivity index (χ4n) is 3.71. The molecule has 0 aliphatic carbocycles. The van der Waals surface area contributed by atoms with E-state index in [4.69, 9.17) is 5.73 Å². The largest absolute Gasteiger partial charge is 0.441 e. The Kier molecular flexibility index (Phi) is 8.49. The second-order valence-electron chi connectivity index (χ2n) is 8.08. The van der Waals surface area contributed by atoms with Gasteiger partial charge < -0.3 is 5.73 Å². The molecule has 1 unspecified atom stereocenters. The molecule has 222 valence electrons. The summed E-state index contributed by atoms with van der Waals surface area (Å²) in [5.41, 5.74) is -4.64. The van der Waals surface area contributed by atoms with Gasteiger partial charge >= 0.3 is 22.9 Å². The zero-order valence-corrected chi connectivity index (χ0v) is 22.1. The Hall–Kier alpha value is -3.34. The van der Waals surface area contributed by atoms with Crippen LogP contribution in [-0.2, 0) is 0 Å². The molecule has 0 aliphatic heterocycles. The van der Waals surface area contributed by atoms with E-state index in [0.29, 0.717) is 12.1 Å². The van der Waals surface area contributed by atoms with Crippen molar-refractivity contribution in [1.29, 1.82) is 0 Å². The van der Waals surface area contributed by atoms with Gasteiger partial charge in [-0.2, -0.15) is 39.5 Å². The van der Waals surface area contributed by atoms with E-state index in [9.17, 15) is 53.5 Å². The summed E-state index contributed by atoms with van der Waals surface area (Å²) in [7, 11) is -6.91. The Morgan fingerprint density at radius 2 is 1.29 bits per heavy atom. The first-order chi connectivity index (χ1) is 18.7. The highest BCUT2D eigenvalue weighted by atomic mass is 79.9. The quantitative estimate of drug-likeness (QED) is 0.265. The molecule has 17 heteroatoms. The minimum atomic E-state index is -7.18. The Bertz CT molecular complexity index is 1460. The second-order valence-corrected chi connectivity index (χ2v) is 13.5. The number of hydrogen-bond acceptors (Lipinski definition) is 2. The third kappa shape index (κ3) is 5.36. The van der Waals surface area contributed by atoms with Gasteiger partial charge in [-0.15, -0.1) is 0 Å². The van der Waals surface area contributed by atoms with Gasteiger partial charge in [0.2, 0.25) is 5.91 Å². The third-order valence-corrected chi connectivity index (χ3v) is 11.9. The lowest BCUT2D eigenvalue weighted by atomic mass is 10.1. The minimum Gasteiger partial charge on any atom is -0.366 e. The number of rotatable bonds is 6. The summed E-state index contributed by atoms with van der Waals surface area (Å²) in [6.07, 6.45) is -14.4. The predicted molar refractivity (Wildman–Crippen MR) is 131 cm³/mol. The molecule has 3 aromatic rings.